The topological polar surface area (TPSA) is 65.7 Å². The van der Waals surface area contributed by atoms with Crippen LogP contribution in [-0.2, 0) is 0 Å². The fraction of sp³-hybridized carbons (Fsp3) is 0.348. The number of benzene rings is 2. The second-order valence-corrected chi connectivity index (χ2v) is 9.29. The predicted molar refractivity (Wildman–Crippen MR) is 132 cm³/mol. The predicted octanol–water partition coefficient (Wildman–Crippen LogP) is 6.11. The second-order valence-electron chi connectivity index (χ2n) is 7.52. The van der Waals surface area contributed by atoms with Crippen LogP contribution in [0.4, 0.5) is 0 Å². The van der Waals surface area contributed by atoms with Crippen LogP contribution >= 0.6 is 31.9 Å². The maximum atomic E-state index is 13.2. The van der Waals surface area contributed by atoms with Crippen molar-refractivity contribution in [1.82, 2.24) is 9.66 Å². The van der Waals surface area contributed by atoms with Crippen molar-refractivity contribution in [3.63, 3.8) is 0 Å². The van der Waals surface area contributed by atoms with Crippen molar-refractivity contribution in [1.29, 1.82) is 0 Å². The average Bonchev–Trinajstić information content (AvgIpc) is 2.74. The maximum absolute atomic E-state index is 13.2. The van der Waals surface area contributed by atoms with Crippen molar-refractivity contribution in [3.05, 3.63) is 61.0 Å². The van der Waals surface area contributed by atoms with E-state index in [0.717, 1.165) is 20.9 Å². The van der Waals surface area contributed by atoms with E-state index in [4.69, 9.17) is 9.47 Å². The van der Waals surface area contributed by atoms with E-state index in [0.29, 0.717) is 28.2 Å². The van der Waals surface area contributed by atoms with Crippen molar-refractivity contribution in [2.24, 2.45) is 5.10 Å². The molecule has 6 nitrogen and oxygen atoms in total. The van der Waals surface area contributed by atoms with Gasteiger partial charge in [-0.25, -0.2) is 4.98 Å². The largest absolute Gasteiger partial charge is 0.493 e. The highest BCUT2D eigenvalue weighted by Crippen LogP contribution is 2.37. The van der Waals surface area contributed by atoms with Crippen LogP contribution in [0.1, 0.15) is 51.4 Å². The smallest absolute Gasteiger partial charge is 0.282 e. The van der Waals surface area contributed by atoms with Gasteiger partial charge in [0.2, 0.25) is 0 Å². The van der Waals surface area contributed by atoms with Gasteiger partial charge in [0.15, 0.2) is 11.5 Å². The Kier molecular flexibility index (Phi) is 7.54. The Morgan fingerprint density at radius 1 is 1.19 bits per heavy atom. The Labute approximate surface area is 198 Å². The minimum atomic E-state index is -0.214. The molecule has 1 aromatic heterocycles. The summed E-state index contributed by atoms with van der Waals surface area (Å²) in [6.45, 7) is 8.04. The van der Waals surface area contributed by atoms with Gasteiger partial charge in [0.25, 0.3) is 5.56 Å². The number of methoxy groups -OCH3 is 1. The van der Waals surface area contributed by atoms with E-state index in [2.05, 4.69) is 48.9 Å². The molecule has 2 aromatic carbocycles. The summed E-state index contributed by atoms with van der Waals surface area (Å²) < 4.78 is 14.4. The minimum absolute atomic E-state index is 0.0190. The summed E-state index contributed by atoms with van der Waals surface area (Å²) >= 11 is 6.98. The van der Waals surface area contributed by atoms with Crippen LogP contribution in [0.15, 0.2) is 49.2 Å². The first-order valence-electron chi connectivity index (χ1n) is 10.1. The van der Waals surface area contributed by atoms with Crippen LogP contribution in [0.25, 0.3) is 10.9 Å². The van der Waals surface area contributed by atoms with Gasteiger partial charge in [-0.15, -0.1) is 0 Å². The van der Waals surface area contributed by atoms with Gasteiger partial charge in [-0.3, -0.25) is 4.79 Å². The number of hydrogen-bond donors (Lipinski definition) is 0. The van der Waals surface area contributed by atoms with Gasteiger partial charge in [-0.05, 0) is 65.2 Å². The molecule has 0 saturated carbocycles. The summed E-state index contributed by atoms with van der Waals surface area (Å²) in [5, 5.41) is 4.99. The molecular formula is C23H25Br2N3O3. The summed E-state index contributed by atoms with van der Waals surface area (Å²) in [5.74, 6) is 1.85. The summed E-state index contributed by atoms with van der Waals surface area (Å²) in [5.41, 5.74) is 1.20. The van der Waals surface area contributed by atoms with Gasteiger partial charge >= 0.3 is 0 Å². The quantitative estimate of drug-likeness (QED) is 0.333. The number of aromatic nitrogens is 2. The van der Waals surface area contributed by atoms with Crippen LogP contribution < -0.4 is 15.0 Å². The molecule has 3 aromatic rings. The lowest BCUT2D eigenvalue weighted by Gasteiger charge is -2.17. The highest BCUT2D eigenvalue weighted by atomic mass is 79.9. The Balaban J connectivity index is 2.09. The Bertz CT molecular complexity index is 1190. The maximum Gasteiger partial charge on any atom is 0.282 e. The number of halogens is 2. The molecule has 0 unspecified atom stereocenters. The lowest BCUT2D eigenvalue weighted by atomic mass is 10.2. The Morgan fingerprint density at radius 2 is 1.94 bits per heavy atom. The van der Waals surface area contributed by atoms with Crippen molar-refractivity contribution < 1.29 is 9.47 Å². The van der Waals surface area contributed by atoms with Crippen LogP contribution in [0, 0.1) is 0 Å². The molecule has 0 radical (unpaired) electrons. The lowest BCUT2D eigenvalue weighted by molar-refractivity contribution is 0.206. The van der Waals surface area contributed by atoms with Crippen LogP contribution in [0.5, 0.6) is 11.5 Å². The fourth-order valence-electron chi connectivity index (χ4n) is 2.99. The highest BCUT2D eigenvalue weighted by Gasteiger charge is 2.16. The number of fused-ring (bicyclic) bond motifs is 1. The molecule has 0 spiro atoms. The molecule has 0 saturated heterocycles. The number of nitrogens with zero attached hydrogens (tertiary/aromatic N) is 3. The molecule has 0 aliphatic heterocycles. The molecule has 0 bridgehead atoms. The zero-order valence-corrected chi connectivity index (χ0v) is 21.3. The van der Waals surface area contributed by atoms with E-state index < -0.39 is 0 Å². The summed E-state index contributed by atoms with van der Waals surface area (Å²) in [6.07, 6.45) is 2.56. The van der Waals surface area contributed by atoms with E-state index in [1.165, 1.54) is 4.68 Å². The van der Waals surface area contributed by atoms with Crippen LogP contribution in [0.3, 0.4) is 0 Å². The van der Waals surface area contributed by atoms with Gasteiger partial charge in [0.05, 0.1) is 34.8 Å². The minimum Gasteiger partial charge on any atom is -0.493 e. The molecule has 1 heterocycles. The molecule has 0 amide bonds. The molecule has 164 valence electrons. The van der Waals surface area contributed by atoms with Gasteiger partial charge in [-0.1, -0.05) is 36.7 Å². The van der Waals surface area contributed by atoms with E-state index in [9.17, 15) is 4.79 Å². The molecule has 1 atom stereocenters. The average molecular weight is 551 g/mol. The van der Waals surface area contributed by atoms with Gasteiger partial charge < -0.3 is 9.47 Å². The molecule has 0 N–H and O–H groups in total. The molecule has 0 aliphatic rings. The standard InChI is InChI=1S/C23H25Br2N3O3/c1-6-14(4)31-21-18(25)9-15(10-20(21)30-5)12-26-28-22(13(2)3)27-19-8-7-16(24)11-17(19)23(28)29/h7-14H,6H2,1-5H3/t14-/m0/s1. The summed E-state index contributed by atoms with van der Waals surface area (Å²) in [6, 6.07) is 9.19. The lowest BCUT2D eigenvalue weighted by Crippen LogP contribution is -2.23. The summed E-state index contributed by atoms with van der Waals surface area (Å²) in [4.78, 5) is 17.8. The van der Waals surface area contributed by atoms with E-state index in [-0.39, 0.29) is 17.6 Å². The molecular weight excluding hydrogens is 526 g/mol. The molecule has 3 rings (SSSR count). The molecule has 0 aliphatic carbocycles. The van der Waals surface area contributed by atoms with E-state index in [1.54, 1.807) is 19.4 Å². The third-order valence-electron chi connectivity index (χ3n) is 4.82. The fourth-order valence-corrected chi connectivity index (χ4v) is 3.90. The van der Waals surface area contributed by atoms with Crippen molar-refractivity contribution in [2.45, 2.75) is 46.1 Å². The van der Waals surface area contributed by atoms with Gasteiger partial charge in [-0.2, -0.15) is 9.78 Å². The SMILES string of the molecule is CC[C@H](C)Oc1c(Br)cc(C=Nn2c(C(C)C)nc3ccc(Br)cc3c2=O)cc1OC. The highest BCUT2D eigenvalue weighted by molar-refractivity contribution is 9.10. The Hall–Kier alpha value is -2.19. The second kappa shape index (κ2) is 9.96. The van der Waals surface area contributed by atoms with Crippen LogP contribution in [-0.4, -0.2) is 29.1 Å². The monoisotopic (exact) mass is 549 g/mol. The van der Waals surface area contributed by atoms with Crippen LogP contribution in [0.2, 0.25) is 0 Å². The zero-order chi connectivity index (χ0) is 22.7. The molecule has 31 heavy (non-hydrogen) atoms. The first-order chi connectivity index (χ1) is 14.7. The summed E-state index contributed by atoms with van der Waals surface area (Å²) in [7, 11) is 1.60. The third kappa shape index (κ3) is 5.18. The van der Waals surface area contributed by atoms with E-state index >= 15 is 0 Å². The zero-order valence-electron chi connectivity index (χ0n) is 18.1. The molecule has 8 heteroatoms. The van der Waals surface area contributed by atoms with Crippen molar-refractivity contribution in [3.8, 4) is 11.5 Å². The third-order valence-corrected chi connectivity index (χ3v) is 5.90. The Morgan fingerprint density at radius 3 is 2.58 bits per heavy atom. The molecule has 0 fully saturated rings. The van der Waals surface area contributed by atoms with Crippen molar-refractivity contribution in [2.75, 3.05) is 7.11 Å². The van der Waals surface area contributed by atoms with Gasteiger partial charge in [0, 0.05) is 10.4 Å². The van der Waals surface area contributed by atoms with Crippen molar-refractivity contribution >= 4 is 49.0 Å². The van der Waals surface area contributed by atoms with E-state index in [1.807, 2.05) is 45.0 Å². The first-order valence-corrected chi connectivity index (χ1v) is 11.6. The normalized spacial score (nSPS) is 12.6. The first kappa shape index (κ1) is 23.5. The van der Waals surface area contributed by atoms with Gasteiger partial charge in [0.1, 0.15) is 5.82 Å². The number of rotatable bonds is 7. The number of hydrogen-bond acceptors (Lipinski definition) is 5. The number of ether oxygens (including phenoxy) is 2.